The van der Waals surface area contributed by atoms with E-state index in [0.29, 0.717) is 5.56 Å². The number of carbonyl (C=O) groups is 1. The van der Waals surface area contributed by atoms with Crippen LogP contribution >= 0.6 is 27.3 Å². The molecule has 1 aliphatic carbocycles. The van der Waals surface area contributed by atoms with E-state index in [4.69, 9.17) is 0 Å². The van der Waals surface area contributed by atoms with Gasteiger partial charge in [-0.05, 0) is 31.2 Å². The molecule has 0 saturated heterocycles. The van der Waals surface area contributed by atoms with Gasteiger partial charge in [0.1, 0.15) is 11.1 Å². The molecule has 0 aliphatic heterocycles. The Balaban J connectivity index is 2.34. The molecule has 2 rings (SSSR count). The second-order valence-electron chi connectivity index (χ2n) is 4.06. The highest BCUT2D eigenvalue weighted by atomic mass is 79.9. The number of anilines is 1. The van der Waals surface area contributed by atoms with Gasteiger partial charge < -0.3 is 5.32 Å². The van der Waals surface area contributed by atoms with Crippen LogP contribution in [0, 0.1) is 11.3 Å². The molecule has 0 fully saturated rings. The summed E-state index contributed by atoms with van der Waals surface area (Å²) in [4.78, 5) is 12.7. The smallest absolute Gasteiger partial charge is 0.235 e. The van der Waals surface area contributed by atoms with Crippen LogP contribution in [0.2, 0.25) is 0 Å². The van der Waals surface area contributed by atoms with E-state index in [-0.39, 0.29) is 11.2 Å². The van der Waals surface area contributed by atoms with Crippen molar-refractivity contribution < 1.29 is 4.79 Å². The van der Waals surface area contributed by atoms with E-state index in [9.17, 15) is 10.1 Å². The number of alkyl halides is 1. The molecule has 90 valence electrons. The Morgan fingerprint density at radius 1 is 1.41 bits per heavy atom. The molecular weight excluding hydrogens is 300 g/mol. The third-order valence-corrected chi connectivity index (χ3v) is 4.62. The summed E-state index contributed by atoms with van der Waals surface area (Å²) in [6, 6.07) is 2.24. The van der Waals surface area contributed by atoms with Crippen LogP contribution in [0.3, 0.4) is 0 Å². The SMILES string of the molecule is N#Cc1c(NC(=O)CBr)sc2c1CCCCC2. The number of amides is 1. The van der Waals surface area contributed by atoms with Gasteiger partial charge in [0.05, 0.1) is 10.9 Å². The maximum atomic E-state index is 11.4. The first-order valence-corrected chi connectivity index (χ1v) is 7.60. The monoisotopic (exact) mass is 312 g/mol. The van der Waals surface area contributed by atoms with Crippen molar-refractivity contribution in [3.8, 4) is 6.07 Å². The minimum Gasteiger partial charge on any atom is -0.316 e. The van der Waals surface area contributed by atoms with Crippen molar-refractivity contribution in [1.29, 1.82) is 5.26 Å². The summed E-state index contributed by atoms with van der Waals surface area (Å²) >= 11 is 4.68. The van der Waals surface area contributed by atoms with E-state index >= 15 is 0 Å². The maximum Gasteiger partial charge on any atom is 0.235 e. The molecular formula is C12H13BrN2OS. The molecule has 1 N–H and O–H groups in total. The zero-order valence-corrected chi connectivity index (χ0v) is 11.8. The third kappa shape index (κ3) is 2.70. The molecule has 1 aromatic heterocycles. The van der Waals surface area contributed by atoms with E-state index in [1.165, 1.54) is 23.3 Å². The highest BCUT2D eigenvalue weighted by Gasteiger charge is 2.20. The van der Waals surface area contributed by atoms with Crippen molar-refractivity contribution in [2.75, 3.05) is 10.6 Å². The lowest BCUT2D eigenvalue weighted by molar-refractivity contribution is -0.113. The minimum absolute atomic E-state index is 0.0992. The predicted octanol–water partition coefficient (Wildman–Crippen LogP) is 3.22. The number of hydrogen-bond donors (Lipinski definition) is 1. The number of aryl methyl sites for hydroxylation is 1. The maximum absolute atomic E-state index is 11.4. The van der Waals surface area contributed by atoms with Gasteiger partial charge in [-0.25, -0.2) is 0 Å². The van der Waals surface area contributed by atoms with Crippen molar-refractivity contribution in [2.24, 2.45) is 0 Å². The number of nitrogens with one attached hydrogen (secondary N) is 1. The molecule has 0 bridgehead atoms. The van der Waals surface area contributed by atoms with Gasteiger partial charge in [0.15, 0.2) is 0 Å². The first-order chi connectivity index (χ1) is 8.26. The average Bonchev–Trinajstić information content (AvgIpc) is 2.50. The van der Waals surface area contributed by atoms with E-state index in [0.717, 1.165) is 24.3 Å². The van der Waals surface area contributed by atoms with Gasteiger partial charge in [0.2, 0.25) is 5.91 Å². The van der Waals surface area contributed by atoms with Gasteiger partial charge in [0.25, 0.3) is 0 Å². The van der Waals surface area contributed by atoms with Crippen LogP contribution in [-0.4, -0.2) is 11.2 Å². The van der Waals surface area contributed by atoms with Crippen LogP contribution in [0.4, 0.5) is 5.00 Å². The lowest BCUT2D eigenvalue weighted by Crippen LogP contribution is -2.12. The summed E-state index contributed by atoms with van der Waals surface area (Å²) in [7, 11) is 0. The summed E-state index contributed by atoms with van der Waals surface area (Å²) < 4.78 is 0. The third-order valence-electron chi connectivity index (χ3n) is 2.91. The Morgan fingerprint density at radius 2 is 2.18 bits per heavy atom. The fourth-order valence-corrected chi connectivity index (χ4v) is 3.51. The topological polar surface area (TPSA) is 52.9 Å². The average molecular weight is 313 g/mol. The predicted molar refractivity (Wildman–Crippen MR) is 72.7 cm³/mol. The molecule has 5 heteroatoms. The first kappa shape index (κ1) is 12.6. The molecule has 0 unspecified atom stereocenters. The van der Waals surface area contributed by atoms with Gasteiger partial charge in [-0.3, -0.25) is 4.79 Å². The minimum atomic E-state index is -0.0992. The summed E-state index contributed by atoms with van der Waals surface area (Å²) in [5.74, 6) is -0.0992. The molecule has 17 heavy (non-hydrogen) atoms. The van der Waals surface area contributed by atoms with Crippen LogP contribution in [0.25, 0.3) is 0 Å². The molecule has 1 amide bonds. The number of hydrogen-bond acceptors (Lipinski definition) is 3. The Bertz CT molecular complexity index is 476. The van der Waals surface area contributed by atoms with Crippen LogP contribution < -0.4 is 5.32 Å². The number of carbonyl (C=O) groups excluding carboxylic acids is 1. The van der Waals surface area contributed by atoms with Crippen molar-refractivity contribution in [2.45, 2.75) is 32.1 Å². The molecule has 1 aliphatic rings. The second kappa shape index (κ2) is 5.65. The number of halogens is 1. The van der Waals surface area contributed by atoms with E-state index < -0.39 is 0 Å². The largest absolute Gasteiger partial charge is 0.316 e. The van der Waals surface area contributed by atoms with Crippen molar-refractivity contribution in [3.63, 3.8) is 0 Å². The van der Waals surface area contributed by atoms with Gasteiger partial charge >= 0.3 is 0 Å². The highest BCUT2D eigenvalue weighted by molar-refractivity contribution is 9.09. The second-order valence-corrected chi connectivity index (χ2v) is 5.73. The Morgan fingerprint density at radius 3 is 2.88 bits per heavy atom. The number of fused-ring (bicyclic) bond motifs is 1. The van der Waals surface area contributed by atoms with Gasteiger partial charge in [0, 0.05) is 4.88 Å². The van der Waals surface area contributed by atoms with E-state index in [1.807, 2.05) is 0 Å². The number of rotatable bonds is 2. The summed E-state index contributed by atoms with van der Waals surface area (Å²) in [5, 5.41) is 13.0. The highest BCUT2D eigenvalue weighted by Crippen LogP contribution is 2.36. The lowest BCUT2D eigenvalue weighted by Gasteiger charge is -2.00. The van der Waals surface area contributed by atoms with Crippen LogP contribution in [0.15, 0.2) is 0 Å². The molecule has 0 radical (unpaired) electrons. The lowest BCUT2D eigenvalue weighted by atomic mass is 10.1. The van der Waals surface area contributed by atoms with Gasteiger partial charge in [-0.2, -0.15) is 5.26 Å². The Kier molecular flexibility index (Phi) is 4.19. The van der Waals surface area contributed by atoms with E-state index in [1.54, 1.807) is 11.3 Å². The fraction of sp³-hybridized carbons (Fsp3) is 0.500. The molecule has 0 atom stereocenters. The molecule has 0 spiro atoms. The first-order valence-electron chi connectivity index (χ1n) is 5.66. The Labute approximate surface area is 113 Å². The molecule has 3 nitrogen and oxygen atoms in total. The summed E-state index contributed by atoms with van der Waals surface area (Å²) in [6.45, 7) is 0. The van der Waals surface area contributed by atoms with Crippen LogP contribution in [0.5, 0.6) is 0 Å². The van der Waals surface area contributed by atoms with Crippen LogP contribution in [0.1, 0.15) is 35.3 Å². The van der Waals surface area contributed by atoms with E-state index in [2.05, 4.69) is 27.3 Å². The summed E-state index contributed by atoms with van der Waals surface area (Å²) in [5.41, 5.74) is 1.85. The van der Waals surface area contributed by atoms with Crippen LogP contribution in [-0.2, 0) is 17.6 Å². The number of nitrogens with zero attached hydrogens (tertiary/aromatic N) is 1. The number of nitriles is 1. The van der Waals surface area contributed by atoms with Gasteiger partial charge in [-0.15, -0.1) is 11.3 Å². The molecule has 1 heterocycles. The van der Waals surface area contributed by atoms with Crippen molar-refractivity contribution in [3.05, 3.63) is 16.0 Å². The normalized spacial score (nSPS) is 14.6. The van der Waals surface area contributed by atoms with Gasteiger partial charge in [-0.1, -0.05) is 22.4 Å². The number of thiophene rings is 1. The summed E-state index contributed by atoms with van der Waals surface area (Å²) in [6.07, 6.45) is 5.57. The molecule has 0 aromatic carbocycles. The Hall–Kier alpha value is -0.860. The molecule has 1 aromatic rings. The standard InChI is InChI=1S/C12H13BrN2OS/c13-6-11(16)15-12-9(7-14)8-4-2-1-3-5-10(8)17-12/h1-6H2,(H,15,16). The zero-order valence-electron chi connectivity index (χ0n) is 9.38. The quantitative estimate of drug-likeness (QED) is 0.673. The fourth-order valence-electron chi connectivity index (χ4n) is 2.11. The van der Waals surface area contributed by atoms with Crippen molar-refractivity contribution in [1.82, 2.24) is 0 Å². The zero-order chi connectivity index (χ0) is 12.3. The molecule has 0 saturated carbocycles. The van der Waals surface area contributed by atoms with Crippen molar-refractivity contribution >= 4 is 38.2 Å².